The highest BCUT2D eigenvalue weighted by atomic mass is 19.1. The minimum Gasteiger partial charge on any atom is -0.487 e. The summed E-state index contributed by atoms with van der Waals surface area (Å²) >= 11 is 0. The Morgan fingerprint density at radius 3 is 2.81 bits per heavy atom. The first kappa shape index (κ1) is 12.2. The monoisotopic (exact) mass is 226 g/mol. The molecule has 0 fully saturated rings. The summed E-state index contributed by atoms with van der Waals surface area (Å²) in [5, 5.41) is 8.49. The number of rotatable bonds is 5. The summed E-state index contributed by atoms with van der Waals surface area (Å²) in [6, 6.07) is 3.74. The molecule has 0 aliphatic heterocycles. The number of aliphatic carboxylic acids is 1. The number of aldehydes is 1. The summed E-state index contributed by atoms with van der Waals surface area (Å²) in [7, 11) is 0. The average Bonchev–Trinajstić information content (AvgIpc) is 2.19. The number of hydrogen-bond acceptors (Lipinski definition) is 3. The fourth-order valence-corrected chi connectivity index (χ4v) is 1.19. The van der Waals surface area contributed by atoms with Gasteiger partial charge in [0.1, 0.15) is 12.4 Å². The Hall–Kier alpha value is -1.91. The maximum atomic E-state index is 13.3. The van der Waals surface area contributed by atoms with Crippen molar-refractivity contribution in [2.75, 3.05) is 0 Å². The number of hydrogen-bond donors (Lipinski definition) is 1. The maximum absolute atomic E-state index is 13.3. The third kappa shape index (κ3) is 3.34. The van der Waals surface area contributed by atoms with Crippen molar-refractivity contribution in [1.82, 2.24) is 0 Å². The van der Waals surface area contributed by atoms with E-state index in [0.717, 1.165) is 6.07 Å². The second kappa shape index (κ2) is 5.25. The Morgan fingerprint density at radius 1 is 1.62 bits per heavy atom. The molecular formula is C11H11FO4. The molecule has 0 bridgehead atoms. The van der Waals surface area contributed by atoms with Crippen LogP contribution in [0, 0.1) is 5.82 Å². The van der Waals surface area contributed by atoms with Gasteiger partial charge < -0.3 is 9.84 Å². The van der Waals surface area contributed by atoms with Crippen molar-refractivity contribution in [1.29, 1.82) is 0 Å². The second-order valence-corrected chi connectivity index (χ2v) is 3.33. The van der Waals surface area contributed by atoms with Crippen molar-refractivity contribution >= 4 is 12.3 Å². The molecule has 0 amide bonds. The molecule has 4 nitrogen and oxygen atoms in total. The van der Waals surface area contributed by atoms with Crippen LogP contribution in [0.1, 0.15) is 23.7 Å². The Balaban J connectivity index is 2.74. The number of halogens is 1. The second-order valence-electron chi connectivity index (χ2n) is 3.33. The lowest BCUT2D eigenvalue weighted by atomic mass is 10.2. The van der Waals surface area contributed by atoms with Crippen molar-refractivity contribution < 1.29 is 23.8 Å². The molecule has 0 heterocycles. The molecule has 86 valence electrons. The van der Waals surface area contributed by atoms with E-state index in [1.807, 2.05) is 0 Å². The summed E-state index contributed by atoms with van der Waals surface area (Å²) in [6.45, 7) is 1.53. The zero-order valence-corrected chi connectivity index (χ0v) is 8.64. The maximum Gasteiger partial charge on any atom is 0.307 e. The molecule has 0 saturated carbocycles. The van der Waals surface area contributed by atoms with Gasteiger partial charge in [-0.2, -0.15) is 0 Å². The number of carbonyl (C=O) groups excluding carboxylic acids is 1. The van der Waals surface area contributed by atoms with Crippen LogP contribution in [-0.4, -0.2) is 23.5 Å². The molecule has 1 atom stereocenters. The lowest BCUT2D eigenvalue weighted by Gasteiger charge is -2.13. The Morgan fingerprint density at radius 2 is 2.31 bits per heavy atom. The first-order valence-electron chi connectivity index (χ1n) is 4.66. The number of ether oxygens (including phenoxy) is 1. The van der Waals surface area contributed by atoms with Gasteiger partial charge in [0.2, 0.25) is 0 Å². The van der Waals surface area contributed by atoms with Crippen LogP contribution in [0.2, 0.25) is 0 Å². The third-order valence-electron chi connectivity index (χ3n) is 1.88. The third-order valence-corrected chi connectivity index (χ3v) is 1.88. The van der Waals surface area contributed by atoms with Crippen molar-refractivity contribution in [2.24, 2.45) is 0 Å². The molecule has 0 saturated heterocycles. The van der Waals surface area contributed by atoms with E-state index >= 15 is 0 Å². The molecular weight excluding hydrogens is 215 g/mol. The minimum absolute atomic E-state index is 0.0562. The van der Waals surface area contributed by atoms with E-state index in [0.29, 0.717) is 6.29 Å². The summed E-state index contributed by atoms with van der Waals surface area (Å²) in [4.78, 5) is 20.7. The van der Waals surface area contributed by atoms with Gasteiger partial charge in [0, 0.05) is 5.56 Å². The number of benzene rings is 1. The van der Waals surface area contributed by atoms with Gasteiger partial charge in [-0.05, 0) is 25.1 Å². The number of carboxylic acid groups (broad SMARTS) is 1. The summed E-state index contributed by atoms with van der Waals surface area (Å²) in [6.07, 6.45) is -0.323. The van der Waals surface area contributed by atoms with E-state index in [4.69, 9.17) is 9.84 Å². The molecule has 1 rings (SSSR count). The molecule has 0 radical (unpaired) electrons. The average molecular weight is 226 g/mol. The predicted octanol–water partition coefficient (Wildman–Crippen LogP) is 1.88. The SMILES string of the molecule is C[C@@H](CC(=O)O)Oc1ccc(C=O)cc1F. The van der Waals surface area contributed by atoms with Gasteiger partial charge in [0.05, 0.1) is 6.42 Å². The highest BCUT2D eigenvalue weighted by Crippen LogP contribution is 2.19. The van der Waals surface area contributed by atoms with Crippen LogP contribution in [0.15, 0.2) is 18.2 Å². The van der Waals surface area contributed by atoms with Crippen LogP contribution in [0.25, 0.3) is 0 Å². The molecule has 1 aromatic rings. The van der Waals surface area contributed by atoms with E-state index in [2.05, 4.69) is 0 Å². The molecule has 16 heavy (non-hydrogen) atoms. The first-order chi connectivity index (χ1) is 7.52. The Bertz CT molecular complexity index is 403. The largest absolute Gasteiger partial charge is 0.487 e. The normalized spacial score (nSPS) is 11.9. The van der Waals surface area contributed by atoms with Crippen LogP contribution in [-0.2, 0) is 4.79 Å². The van der Waals surface area contributed by atoms with E-state index in [1.165, 1.54) is 19.1 Å². The van der Waals surface area contributed by atoms with Crippen LogP contribution < -0.4 is 4.74 Å². The highest BCUT2D eigenvalue weighted by Gasteiger charge is 2.12. The number of carboxylic acids is 1. The summed E-state index contributed by atoms with van der Waals surface area (Å²) < 4.78 is 18.4. The van der Waals surface area contributed by atoms with Gasteiger partial charge in [-0.3, -0.25) is 9.59 Å². The van der Waals surface area contributed by atoms with Gasteiger partial charge in [-0.25, -0.2) is 4.39 Å². The van der Waals surface area contributed by atoms with Crippen LogP contribution in [0.4, 0.5) is 4.39 Å². The fourth-order valence-electron chi connectivity index (χ4n) is 1.19. The van der Waals surface area contributed by atoms with E-state index in [1.54, 1.807) is 0 Å². The van der Waals surface area contributed by atoms with Crippen molar-refractivity contribution in [3.05, 3.63) is 29.6 Å². The smallest absolute Gasteiger partial charge is 0.307 e. The summed E-state index contributed by atoms with van der Waals surface area (Å²) in [5.74, 6) is -1.75. The molecule has 1 N–H and O–H groups in total. The van der Waals surface area contributed by atoms with Crippen molar-refractivity contribution in [3.63, 3.8) is 0 Å². The molecule has 0 spiro atoms. The zero-order valence-electron chi connectivity index (χ0n) is 8.64. The molecule has 1 aromatic carbocycles. The quantitative estimate of drug-likeness (QED) is 0.778. The highest BCUT2D eigenvalue weighted by molar-refractivity contribution is 5.75. The lowest BCUT2D eigenvalue weighted by Crippen LogP contribution is -2.17. The minimum atomic E-state index is -1.02. The molecule has 5 heteroatoms. The molecule has 0 aromatic heterocycles. The first-order valence-corrected chi connectivity index (χ1v) is 4.66. The van der Waals surface area contributed by atoms with Crippen LogP contribution in [0.5, 0.6) is 5.75 Å². The topological polar surface area (TPSA) is 63.6 Å². The van der Waals surface area contributed by atoms with E-state index < -0.39 is 17.9 Å². The Kier molecular flexibility index (Phi) is 3.99. The summed E-state index contributed by atoms with van der Waals surface area (Å²) in [5.41, 5.74) is 0.204. The van der Waals surface area contributed by atoms with Gasteiger partial charge in [0.15, 0.2) is 11.6 Å². The number of carbonyl (C=O) groups is 2. The van der Waals surface area contributed by atoms with Gasteiger partial charge in [0.25, 0.3) is 0 Å². The van der Waals surface area contributed by atoms with Crippen LogP contribution in [0.3, 0.4) is 0 Å². The standard InChI is InChI=1S/C11H11FO4/c1-7(4-11(14)15)16-10-3-2-8(6-13)5-9(10)12/h2-3,5-7H,4H2,1H3,(H,14,15)/t7-/m0/s1. The lowest BCUT2D eigenvalue weighted by molar-refractivity contribution is -0.138. The fraction of sp³-hybridized carbons (Fsp3) is 0.273. The zero-order chi connectivity index (χ0) is 12.1. The predicted molar refractivity (Wildman–Crippen MR) is 54.1 cm³/mol. The van der Waals surface area contributed by atoms with Gasteiger partial charge in [-0.1, -0.05) is 0 Å². The van der Waals surface area contributed by atoms with Crippen molar-refractivity contribution in [2.45, 2.75) is 19.4 Å². The van der Waals surface area contributed by atoms with Gasteiger partial charge in [-0.15, -0.1) is 0 Å². The molecule has 0 unspecified atom stereocenters. The van der Waals surface area contributed by atoms with Gasteiger partial charge >= 0.3 is 5.97 Å². The van der Waals surface area contributed by atoms with E-state index in [-0.39, 0.29) is 17.7 Å². The van der Waals surface area contributed by atoms with Crippen LogP contribution >= 0.6 is 0 Å². The van der Waals surface area contributed by atoms with E-state index in [9.17, 15) is 14.0 Å². The molecule has 0 aliphatic carbocycles. The molecule has 0 aliphatic rings. The Labute approximate surface area is 91.7 Å². The van der Waals surface area contributed by atoms with Crippen molar-refractivity contribution in [3.8, 4) is 5.75 Å².